The Morgan fingerprint density at radius 3 is 2.48 bits per heavy atom. The molecule has 2 heterocycles. The summed E-state index contributed by atoms with van der Waals surface area (Å²) in [6.45, 7) is 6.32. The number of unbranched alkanes of at least 4 members (excludes halogenated alkanes) is 1. The number of nitriles is 1. The minimum absolute atomic E-state index is 0.685. The van der Waals surface area contributed by atoms with E-state index in [4.69, 9.17) is 9.97 Å². The van der Waals surface area contributed by atoms with Crippen LogP contribution in [-0.2, 0) is 6.42 Å². The van der Waals surface area contributed by atoms with E-state index in [-0.39, 0.29) is 0 Å². The van der Waals surface area contributed by atoms with Crippen LogP contribution in [0, 0.1) is 25.2 Å². The number of benzene rings is 2. The van der Waals surface area contributed by atoms with E-state index in [2.05, 4.69) is 54.8 Å². The van der Waals surface area contributed by atoms with Crippen LogP contribution in [0.1, 0.15) is 42.4 Å². The van der Waals surface area contributed by atoms with E-state index in [9.17, 15) is 5.26 Å². The topological polar surface area (TPSA) is 54.5 Å². The molecule has 4 rings (SSSR count). The van der Waals surface area contributed by atoms with Gasteiger partial charge in [-0.1, -0.05) is 43.7 Å². The van der Waals surface area contributed by atoms with Crippen molar-refractivity contribution in [2.75, 3.05) is 0 Å². The number of fused-ring (bicyclic) bond motifs is 1. The lowest BCUT2D eigenvalue weighted by atomic mass is 10.0. The van der Waals surface area contributed by atoms with Gasteiger partial charge in [0.05, 0.1) is 11.6 Å². The lowest BCUT2D eigenvalue weighted by Gasteiger charge is -2.11. The highest BCUT2D eigenvalue weighted by molar-refractivity contribution is 5.78. The maximum atomic E-state index is 9.40. The molecule has 0 aliphatic rings. The van der Waals surface area contributed by atoms with Crippen LogP contribution in [0.15, 0.2) is 54.6 Å². The molecule has 4 nitrogen and oxygen atoms in total. The quantitative estimate of drug-likeness (QED) is 0.432. The zero-order valence-electron chi connectivity index (χ0n) is 17.1. The van der Waals surface area contributed by atoms with Gasteiger partial charge in [-0.3, -0.25) is 4.57 Å². The van der Waals surface area contributed by atoms with E-state index in [1.54, 1.807) is 0 Å². The first kappa shape index (κ1) is 18.9. The predicted molar refractivity (Wildman–Crippen MR) is 117 cm³/mol. The molecular weight excluding hydrogens is 356 g/mol. The van der Waals surface area contributed by atoms with E-state index in [0.29, 0.717) is 5.56 Å². The van der Waals surface area contributed by atoms with Gasteiger partial charge < -0.3 is 0 Å². The van der Waals surface area contributed by atoms with Crippen molar-refractivity contribution in [1.82, 2.24) is 14.5 Å². The third-order valence-electron chi connectivity index (χ3n) is 5.24. The lowest BCUT2D eigenvalue weighted by molar-refractivity contribution is 0.742. The zero-order chi connectivity index (χ0) is 20.4. The fourth-order valence-electron chi connectivity index (χ4n) is 3.80. The van der Waals surface area contributed by atoms with Crippen LogP contribution < -0.4 is 0 Å². The summed E-state index contributed by atoms with van der Waals surface area (Å²) < 4.78 is 2.19. The normalized spacial score (nSPS) is 11.0. The Hall–Kier alpha value is -3.45. The first-order valence-corrected chi connectivity index (χ1v) is 10.1. The van der Waals surface area contributed by atoms with E-state index < -0.39 is 0 Å². The number of hydrogen-bond donors (Lipinski definition) is 0. The smallest absolute Gasteiger partial charge is 0.165 e. The van der Waals surface area contributed by atoms with Crippen LogP contribution in [0.5, 0.6) is 0 Å². The summed E-state index contributed by atoms with van der Waals surface area (Å²) in [4.78, 5) is 9.74. The Morgan fingerprint density at radius 1 is 1.00 bits per heavy atom. The van der Waals surface area contributed by atoms with Gasteiger partial charge in [-0.05, 0) is 61.2 Å². The Morgan fingerprint density at radius 2 is 1.76 bits per heavy atom. The fourth-order valence-corrected chi connectivity index (χ4v) is 3.80. The third kappa shape index (κ3) is 3.52. The fraction of sp³-hybridized carbons (Fsp3) is 0.240. The summed E-state index contributed by atoms with van der Waals surface area (Å²) in [5.74, 6) is 1.05. The Balaban J connectivity index is 1.85. The summed E-state index contributed by atoms with van der Waals surface area (Å²) in [6, 6.07) is 20.4. The molecule has 0 spiro atoms. The van der Waals surface area contributed by atoms with E-state index in [1.807, 2.05) is 31.2 Å². The van der Waals surface area contributed by atoms with Gasteiger partial charge in [0.2, 0.25) is 0 Å². The molecular formula is C25H24N4. The molecule has 4 heteroatoms. The van der Waals surface area contributed by atoms with Crippen molar-refractivity contribution < 1.29 is 0 Å². The second-order valence-corrected chi connectivity index (χ2v) is 7.42. The van der Waals surface area contributed by atoms with Crippen molar-refractivity contribution in [2.45, 2.75) is 40.0 Å². The van der Waals surface area contributed by atoms with Crippen molar-refractivity contribution in [3.05, 3.63) is 77.2 Å². The van der Waals surface area contributed by atoms with Crippen LogP contribution in [0.25, 0.3) is 28.0 Å². The van der Waals surface area contributed by atoms with Gasteiger partial charge in [0.1, 0.15) is 11.3 Å². The van der Waals surface area contributed by atoms with E-state index in [1.165, 1.54) is 0 Å². The summed E-state index contributed by atoms with van der Waals surface area (Å²) >= 11 is 0. The number of aromatic nitrogens is 3. The van der Waals surface area contributed by atoms with Gasteiger partial charge >= 0.3 is 0 Å². The highest BCUT2D eigenvalue weighted by Crippen LogP contribution is 2.28. The van der Waals surface area contributed by atoms with Gasteiger partial charge in [-0.2, -0.15) is 5.26 Å². The van der Waals surface area contributed by atoms with Gasteiger partial charge in [-0.25, -0.2) is 9.97 Å². The highest BCUT2D eigenvalue weighted by Gasteiger charge is 2.16. The Labute approximate surface area is 171 Å². The van der Waals surface area contributed by atoms with Crippen molar-refractivity contribution in [3.63, 3.8) is 0 Å². The van der Waals surface area contributed by atoms with Crippen LogP contribution in [0.2, 0.25) is 0 Å². The second kappa shape index (κ2) is 7.89. The third-order valence-corrected chi connectivity index (χ3v) is 5.24. The van der Waals surface area contributed by atoms with Gasteiger partial charge in [-0.15, -0.1) is 0 Å². The minimum Gasteiger partial charge on any atom is -0.281 e. The molecule has 29 heavy (non-hydrogen) atoms. The monoisotopic (exact) mass is 380 g/mol. The minimum atomic E-state index is 0.685. The molecule has 0 N–H and O–H groups in total. The summed E-state index contributed by atoms with van der Waals surface area (Å²) in [6.07, 6.45) is 3.14. The molecule has 0 bridgehead atoms. The number of pyridine rings is 1. The van der Waals surface area contributed by atoms with Crippen LogP contribution >= 0.6 is 0 Å². The molecule has 0 amide bonds. The molecule has 2 aromatic heterocycles. The van der Waals surface area contributed by atoms with Crippen LogP contribution in [-0.4, -0.2) is 14.5 Å². The molecule has 0 aliphatic heterocycles. The van der Waals surface area contributed by atoms with Crippen LogP contribution in [0.4, 0.5) is 0 Å². The molecule has 0 fully saturated rings. The number of nitrogens with zero attached hydrogens (tertiary/aromatic N) is 4. The number of rotatable bonds is 5. The Bertz CT molecular complexity index is 1210. The van der Waals surface area contributed by atoms with Crippen molar-refractivity contribution in [1.29, 1.82) is 5.26 Å². The molecule has 0 saturated heterocycles. The Kier molecular flexibility index (Phi) is 5.14. The first-order chi connectivity index (χ1) is 14.1. The van der Waals surface area contributed by atoms with E-state index in [0.717, 1.165) is 64.3 Å². The van der Waals surface area contributed by atoms with Gasteiger partial charge in [0.15, 0.2) is 5.65 Å². The van der Waals surface area contributed by atoms with Crippen molar-refractivity contribution in [3.8, 4) is 22.9 Å². The largest absolute Gasteiger partial charge is 0.281 e. The summed E-state index contributed by atoms with van der Waals surface area (Å²) in [5, 5.41) is 9.40. The molecule has 2 aromatic carbocycles. The molecule has 4 aromatic rings. The zero-order valence-corrected chi connectivity index (χ0v) is 17.1. The second-order valence-electron chi connectivity index (χ2n) is 7.42. The lowest BCUT2D eigenvalue weighted by Crippen LogP contribution is -2.03. The standard InChI is InChI=1S/C25H24N4/c1-4-5-10-23-28-24-17(2)15-18(3)27-25(24)29(23)21-13-11-19(12-14-21)22-9-7-6-8-20(22)16-26/h6-9,11-15H,4-5,10H2,1-3H3. The number of aryl methyl sites for hydroxylation is 3. The molecule has 0 unspecified atom stereocenters. The maximum absolute atomic E-state index is 9.40. The van der Waals surface area contributed by atoms with Crippen molar-refractivity contribution >= 4 is 11.2 Å². The highest BCUT2D eigenvalue weighted by atomic mass is 15.1. The molecule has 0 saturated carbocycles. The summed E-state index contributed by atoms with van der Waals surface area (Å²) in [5.41, 5.74) is 7.76. The number of hydrogen-bond acceptors (Lipinski definition) is 3. The first-order valence-electron chi connectivity index (χ1n) is 10.1. The predicted octanol–water partition coefficient (Wildman–Crippen LogP) is 5.92. The molecule has 0 atom stereocenters. The average molecular weight is 380 g/mol. The van der Waals surface area contributed by atoms with Gasteiger partial charge in [0.25, 0.3) is 0 Å². The van der Waals surface area contributed by atoms with Gasteiger partial charge in [0, 0.05) is 17.8 Å². The molecule has 144 valence electrons. The van der Waals surface area contributed by atoms with E-state index >= 15 is 0 Å². The maximum Gasteiger partial charge on any atom is 0.165 e. The SMILES string of the molecule is CCCCc1nc2c(C)cc(C)nc2n1-c1ccc(-c2ccccc2C#N)cc1. The number of imidazole rings is 1. The average Bonchev–Trinajstić information content (AvgIpc) is 3.11. The van der Waals surface area contributed by atoms with Crippen LogP contribution in [0.3, 0.4) is 0 Å². The molecule has 0 radical (unpaired) electrons. The van der Waals surface area contributed by atoms with Crippen molar-refractivity contribution in [2.24, 2.45) is 0 Å². The summed E-state index contributed by atoms with van der Waals surface area (Å²) in [7, 11) is 0. The molecule has 0 aliphatic carbocycles.